The summed E-state index contributed by atoms with van der Waals surface area (Å²) < 4.78 is 11.0. The van der Waals surface area contributed by atoms with Crippen LogP contribution in [0, 0.1) is 0 Å². The second-order valence-electron chi connectivity index (χ2n) is 10.0. The van der Waals surface area contributed by atoms with Crippen LogP contribution in [0.2, 0.25) is 0 Å². The molecule has 1 atom stereocenters. The Morgan fingerprint density at radius 2 is 1.73 bits per heavy atom. The van der Waals surface area contributed by atoms with Gasteiger partial charge in [0.15, 0.2) is 6.61 Å². The molecule has 0 spiro atoms. The van der Waals surface area contributed by atoms with Crippen LogP contribution in [-0.2, 0) is 25.7 Å². The van der Waals surface area contributed by atoms with Gasteiger partial charge in [-0.1, -0.05) is 60.7 Å². The van der Waals surface area contributed by atoms with E-state index < -0.39 is 17.9 Å². The maximum atomic E-state index is 13.3. The Bertz CT molecular complexity index is 1490. The summed E-state index contributed by atoms with van der Waals surface area (Å²) in [7, 11) is 0. The number of hydroxylamine groups is 1. The van der Waals surface area contributed by atoms with Gasteiger partial charge in [0.05, 0.1) is 12.8 Å². The first-order valence-electron chi connectivity index (χ1n) is 14.2. The Hall–Kier alpha value is -5.29. The summed E-state index contributed by atoms with van der Waals surface area (Å²) in [6, 6.07) is 22.9. The molecule has 228 valence electrons. The molecule has 3 N–H and O–H groups in total. The summed E-state index contributed by atoms with van der Waals surface area (Å²) >= 11 is 0. The maximum absolute atomic E-state index is 13.3. The fourth-order valence-electron chi connectivity index (χ4n) is 4.46. The molecule has 0 radical (unpaired) electrons. The van der Waals surface area contributed by atoms with E-state index >= 15 is 0 Å². The SMILES string of the molecule is O=C(COc1ccc(C(=O)N/N=C/c2cccc(CN3C[C@@H](c4ccccc4)OC(=O)CC/C=C/CCC3=O)c2)cc1)NO. The fourth-order valence-corrected chi connectivity index (χ4v) is 4.46. The zero-order valence-electron chi connectivity index (χ0n) is 24.1. The average Bonchev–Trinajstić information content (AvgIpc) is 3.04. The number of cyclic esters (lactones) is 1. The Morgan fingerprint density at radius 1 is 0.977 bits per heavy atom. The van der Waals surface area contributed by atoms with Crippen molar-refractivity contribution in [2.45, 2.75) is 38.3 Å². The van der Waals surface area contributed by atoms with Crippen LogP contribution in [0.25, 0.3) is 0 Å². The number of hydrogen-bond donors (Lipinski definition) is 3. The van der Waals surface area contributed by atoms with Crippen LogP contribution >= 0.6 is 0 Å². The lowest BCUT2D eigenvalue weighted by atomic mass is 10.1. The van der Waals surface area contributed by atoms with Gasteiger partial charge in [-0.25, -0.2) is 10.9 Å². The number of hydrogen-bond acceptors (Lipinski definition) is 8. The van der Waals surface area contributed by atoms with Crippen molar-refractivity contribution in [3.05, 3.63) is 113 Å². The van der Waals surface area contributed by atoms with Crippen molar-refractivity contribution in [1.29, 1.82) is 0 Å². The molecule has 0 saturated carbocycles. The molecule has 3 aromatic rings. The van der Waals surface area contributed by atoms with Crippen LogP contribution in [-0.4, -0.2) is 53.2 Å². The molecule has 0 saturated heterocycles. The third-order valence-electron chi connectivity index (χ3n) is 6.71. The number of allylic oxidation sites excluding steroid dienone is 2. The predicted molar refractivity (Wildman–Crippen MR) is 162 cm³/mol. The van der Waals surface area contributed by atoms with Crippen LogP contribution in [0.5, 0.6) is 5.75 Å². The van der Waals surface area contributed by atoms with Crippen LogP contribution in [0.4, 0.5) is 0 Å². The van der Waals surface area contributed by atoms with Crippen molar-refractivity contribution in [1.82, 2.24) is 15.8 Å². The van der Waals surface area contributed by atoms with Crippen molar-refractivity contribution in [2.24, 2.45) is 5.10 Å². The molecule has 1 aliphatic rings. The van der Waals surface area contributed by atoms with E-state index in [9.17, 15) is 19.2 Å². The summed E-state index contributed by atoms with van der Waals surface area (Å²) in [4.78, 5) is 51.2. The molecule has 3 aromatic carbocycles. The van der Waals surface area contributed by atoms with E-state index in [-0.39, 0.29) is 31.4 Å². The standard InChI is InChI=1S/C33H34N4O7/c38-30(36-42)23-43-28-17-15-27(16-18-28)33(41)35-34-20-24-9-8-10-25(19-24)21-37-22-29(26-11-4-3-5-12-26)44-32(40)14-7-2-1-6-13-31(37)39/h1-5,8-12,15-20,29,42H,6-7,13-14,21-23H2,(H,35,41)(H,36,38)/b2-1+,34-20+/t29-/m0/s1. The zero-order chi connectivity index (χ0) is 31.1. The van der Waals surface area contributed by atoms with E-state index in [2.05, 4.69) is 10.5 Å². The molecule has 4 rings (SSSR count). The fraction of sp³-hybridized carbons (Fsp3) is 0.242. The number of ether oxygens (including phenoxy) is 2. The summed E-state index contributed by atoms with van der Waals surface area (Å²) in [5.74, 6) is -1.15. The van der Waals surface area contributed by atoms with Crippen LogP contribution in [0.1, 0.15) is 58.8 Å². The highest BCUT2D eigenvalue weighted by atomic mass is 16.5. The van der Waals surface area contributed by atoms with Crippen molar-refractivity contribution in [3.63, 3.8) is 0 Å². The molecule has 0 aliphatic carbocycles. The number of benzene rings is 3. The summed E-state index contributed by atoms with van der Waals surface area (Å²) in [5.41, 5.74) is 6.65. The minimum atomic E-state index is -0.699. The lowest BCUT2D eigenvalue weighted by molar-refractivity contribution is -0.152. The van der Waals surface area contributed by atoms with Gasteiger partial charge in [-0.2, -0.15) is 5.10 Å². The van der Waals surface area contributed by atoms with Gasteiger partial charge in [-0.3, -0.25) is 24.4 Å². The smallest absolute Gasteiger partial charge is 0.306 e. The highest BCUT2D eigenvalue weighted by Crippen LogP contribution is 2.23. The van der Waals surface area contributed by atoms with Crippen LogP contribution in [0.3, 0.4) is 0 Å². The number of rotatable bonds is 9. The van der Waals surface area contributed by atoms with Crippen molar-refractivity contribution in [3.8, 4) is 5.75 Å². The summed E-state index contributed by atoms with van der Waals surface area (Å²) in [6.07, 6.45) is 6.50. The second-order valence-corrected chi connectivity index (χ2v) is 10.0. The van der Waals surface area contributed by atoms with Gasteiger partial charge in [0.2, 0.25) is 5.91 Å². The first-order chi connectivity index (χ1) is 21.4. The topological polar surface area (TPSA) is 147 Å². The van der Waals surface area contributed by atoms with E-state index in [1.165, 1.54) is 36.0 Å². The van der Waals surface area contributed by atoms with Gasteiger partial charge < -0.3 is 14.4 Å². The number of hydrazone groups is 1. The lowest BCUT2D eigenvalue weighted by Crippen LogP contribution is -2.35. The number of nitrogens with zero attached hydrogens (tertiary/aromatic N) is 2. The molecular formula is C33H34N4O7. The van der Waals surface area contributed by atoms with Crippen molar-refractivity contribution in [2.75, 3.05) is 13.2 Å². The van der Waals surface area contributed by atoms with E-state index in [1.807, 2.05) is 66.7 Å². The minimum absolute atomic E-state index is 0.0494. The third-order valence-corrected chi connectivity index (χ3v) is 6.71. The van der Waals surface area contributed by atoms with Gasteiger partial charge in [0, 0.05) is 24.9 Å². The normalized spacial score (nSPS) is 16.8. The zero-order valence-corrected chi connectivity index (χ0v) is 24.1. The molecular weight excluding hydrogens is 564 g/mol. The molecule has 0 fully saturated rings. The van der Waals surface area contributed by atoms with Gasteiger partial charge in [-0.05, 0) is 59.9 Å². The first kappa shape index (κ1) is 31.6. The molecule has 0 unspecified atom stereocenters. The molecule has 1 aliphatic heterocycles. The molecule has 3 amide bonds. The molecule has 11 heteroatoms. The average molecular weight is 599 g/mol. The number of amides is 3. The predicted octanol–water partition coefficient (Wildman–Crippen LogP) is 4.08. The molecule has 0 aromatic heterocycles. The van der Waals surface area contributed by atoms with E-state index in [0.29, 0.717) is 42.7 Å². The van der Waals surface area contributed by atoms with Gasteiger partial charge >= 0.3 is 5.97 Å². The quantitative estimate of drug-likeness (QED) is 0.111. The Morgan fingerprint density at radius 3 is 2.48 bits per heavy atom. The third kappa shape index (κ3) is 9.92. The Labute approximate surface area is 255 Å². The summed E-state index contributed by atoms with van der Waals surface area (Å²) in [5, 5.41) is 12.6. The van der Waals surface area contributed by atoms with E-state index in [0.717, 1.165) is 11.1 Å². The largest absolute Gasteiger partial charge is 0.484 e. The highest BCUT2D eigenvalue weighted by Gasteiger charge is 2.24. The monoisotopic (exact) mass is 598 g/mol. The van der Waals surface area contributed by atoms with Crippen molar-refractivity contribution >= 4 is 29.9 Å². The second kappa shape index (κ2) is 16.4. The number of carbonyl (C=O) groups is 4. The molecule has 1 heterocycles. The lowest BCUT2D eigenvalue weighted by Gasteiger charge is -2.28. The van der Waals surface area contributed by atoms with E-state index in [1.54, 1.807) is 4.90 Å². The Kier molecular flexibility index (Phi) is 11.8. The molecule has 44 heavy (non-hydrogen) atoms. The van der Waals surface area contributed by atoms with Gasteiger partial charge in [-0.15, -0.1) is 0 Å². The molecule has 11 nitrogen and oxygen atoms in total. The number of carbonyl (C=O) groups excluding carboxylic acids is 4. The minimum Gasteiger partial charge on any atom is -0.484 e. The van der Waals surface area contributed by atoms with Crippen LogP contribution in [0.15, 0.2) is 96.1 Å². The van der Waals surface area contributed by atoms with Gasteiger partial charge in [0.25, 0.3) is 11.8 Å². The maximum Gasteiger partial charge on any atom is 0.306 e. The summed E-state index contributed by atoms with van der Waals surface area (Å²) in [6.45, 7) is 0.146. The van der Waals surface area contributed by atoms with Crippen molar-refractivity contribution < 1.29 is 33.9 Å². The molecule has 0 bridgehead atoms. The number of esters is 1. The van der Waals surface area contributed by atoms with Crippen LogP contribution < -0.4 is 15.6 Å². The highest BCUT2D eigenvalue weighted by molar-refractivity contribution is 5.95. The van der Waals surface area contributed by atoms with Gasteiger partial charge in [0.1, 0.15) is 11.9 Å². The Balaban J connectivity index is 1.42. The first-order valence-corrected chi connectivity index (χ1v) is 14.2. The van der Waals surface area contributed by atoms with E-state index in [4.69, 9.17) is 14.7 Å². The number of nitrogens with one attached hydrogen (secondary N) is 2.